The molecular formula is C25H22FN3O4S. The number of nitrogens with one attached hydrogen (secondary N) is 1. The van der Waals surface area contributed by atoms with Crippen molar-refractivity contribution in [2.75, 3.05) is 11.9 Å². The summed E-state index contributed by atoms with van der Waals surface area (Å²) in [6, 6.07) is 9.85. The molecule has 0 radical (unpaired) electrons. The summed E-state index contributed by atoms with van der Waals surface area (Å²) in [6.45, 7) is 4.12. The summed E-state index contributed by atoms with van der Waals surface area (Å²) in [5.74, 6) is -0.597. The van der Waals surface area contributed by atoms with Crippen molar-refractivity contribution < 1.29 is 23.1 Å². The van der Waals surface area contributed by atoms with Gasteiger partial charge in [0.25, 0.3) is 0 Å². The number of halogens is 1. The Bertz CT molecular complexity index is 1390. The van der Waals surface area contributed by atoms with Crippen LogP contribution in [-0.4, -0.2) is 23.4 Å². The Morgan fingerprint density at radius 1 is 1.26 bits per heavy atom. The van der Waals surface area contributed by atoms with E-state index in [1.807, 2.05) is 13.0 Å². The third-order valence-electron chi connectivity index (χ3n) is 5.04. The van der Waals surface area contributed by atoms with Crippen LogP contribution in [0.1, 0.15) is 25.1 Å². The Hall–Kier alpha value is -3.98. The number of amides is 2. The predicted octanol–water partition coefficient (Wildman–Crippen LogP) is 5.16. The number of ether oxygens (including phenoxy) is 1. The van der Waals surface area contributed by atoms with Crippen molar-refractivity contribution in [1.82, 2.24) is 4.98 Å². The van der Waals surface area contributed by atoms with Gasteiger partial charge in [0.05, 0.1) is 25.0 Å². The normalized spacial score (nSPS) is 11.6. The highest BCUT2D eigenvalue weighted by atomic mass is 32.1. The topological polar surface area (TPSA) is 107 Å². The van der Waals surface area contributed by atoms with Crippen molar-refractivity contribution in [2.45, 2.75) is 20.3 Å². The number of rotatable bonds is 8. The summed E-state index contributed by atoms with van der Waals surface area (Å²) in [5.41, 5.74) is 9.32. The van der Waals surface area contributed by atoms with Gasteiger partial charge < -0.3 is 14.9 Å². The molecule has 4 aromatic rings. The Morgan fingerprint density at radius 3 is 2.74 bits per heavy atom. The molecule has 0 aliphatic carbocycles. The minimum absolute atomic E-state index is 0.0139. The molecule has 0 fully saturated rings. The molecule has 0 atom stereocenters. The molecule has 0 saturated heterocycles. The Labute approximate surface area is 199 Å². The number of nitrogens with zero attached hydrogens (tertiary/aromatic N) is 1. The van der Waals surface area contributed by atoms with Crippen LogP contribution in [0.5, 0.6) is 5.75 Å². The molecule has 2 aromatic carbocycles. The summed E-state index contributed by atoms with van der Waals surface area (Å²) in [6.07, 6.45) is 3.09. The lowest BCUT2D eigenvalue weighted by molar-refractivity contribution is -0.117. The molecule has 0 aliphatic rings. The number of allylic oxidation sites excluding steroid dienone is 1. The van der Waals surface area contributed by atoms with Gasteiger partial charge >= 0.3 is 0 Å². The number of carbonyl (C=O) groups excluding carboxylic acids is 2. The zero-order valence-electron chi connectivity index (χ0n) is 18.6. The van der Waals surface area contributed by atoms with Gasteiger partial charge in [-0.05, 0) is 43.2 Å². The van der Waals surface area contributed by atoms with Crippen molar-refractivity contribution in [2.24, 2.45) is 5.73 Å². The predicted molar refractivity (Wildman–Crippen MR) is 130 cm³/mol. The average Bonchev–Trinajstić information content (AvgIpc) is 3.39. The van der Waals surface area contributed by atoms with Gasteiger partial charge in [0.1, 0.15) is 17.1 Å². The average molecular weight is 480 g/mol. The van der Waals surface area contributed by atoms with E-state index in [9.17, 15) is 14.0 Å². The molecule has 174 valence electrons. The first-order valence-corrected chi connectivity index (χ1v) is 11.4. The summed E-state index contributed by atoms with van der Waals surface area (Å²) in [4.78, 5) is 27.9. The van der Waals surface area contributed by atoms with Gasteiger partial charge in [-0.1, -0.05) is 12.1 Å². The lowest BCUT2D eigenvalue weighted by atomic mass is 9.99. The van der Waals surface area contributed by atoms with Crippen molar-refractivity contribution >= 4 is 44.8 Å². The van der Waals surface area contributed by atoms with Crippen molar-refractivity contribution in [3.05, 3.63) is 71.2 Å². The molecule has 0 unspecified atom stereocenters. The van der Waals surface area contributed by atoms with Crippen LogP contribution in [0.3, 0.4) is 0 Å². The molecule has 2 amide bonds. The summed E-state index contributed by atoms with van der Waals surface area (Å²) in [7, 11) is 0. The summed E-state index contributed by atoms with van der Waals surface area (Å²) < 4.78 is 24.9. The van der Waals surface area contributed by atoms with Crippen LogP contribution in [0.25, 0.3) is 27.7 Å². The molecule has 34 heavy (non-hydrogen) atoms. The van der Waals surface area contributed by atoms with Gasteiger partial charge in [-0.3, -0.25) is 14.9 Å². The van der Waals surface area contributed by atoms with Crippen molar-refractivity contribution in [3.8, 4) is 16.9 Å². The maximum Gasteiger partial charge on any atom is 0.250 e. The summed E-state index contributed by atoms with van der Waals surface area (Å²) in [5, 5.41) is 5.57. The summed E-state index contributed by atoms with van der Waals surface area (Å²) >= 11 is 1.21. The molecule has 4 rings (SSSR count). The van der Waals surface area contributed by atoms with E-state index in [-0.39, 0.29) is 18.1 Å². The van der Waals surface area contributed by atoms with E-state index in [0.717, 1.165) is 22.1 Å². The highest BCUT2D eigenvalue weighted by molar-refractivity contribution is 7.14. The van der Waals surface area contributed by atoms with Gasteiger partial charge in [-0.15, -0.1) is 11.3 Å². The fraction of sp³-hybridized carbons (Fsp3) is 0.160. The van der Waals surface area contributed by atoms with E-state index in [2.05, 4.69) is 10.3 Å². The maximum atomic E-state index is 13.4. The minimum atomic E-state index is -0.489. The van der Waals surface area contributed by atoms with Crippen LogP contribution in [0.2, 0.25) is 0 Å². The van der Waals surface area contributed by atoms with E-state index in [1.54, 1.807) is 36.8 Å². The smallest absolute Gasteiger partial charge is 0.250 e. The van der Waals surface area contributed by atoms with E-state index in [1.165, 1.54) is 29.5 Å². The quantitative estimate of drug-likeness (QED) is 0.339. The van der Waals surface area contributed by atoms with Gasteiger partial charge in [0, 0.05) is 34.0 Å². The third-order valence-corrected chi connectivity index (χ3v) is 5.85. The number of primary amides is 1. The second-order valence-electron chi connectivity index (χ2n) is 7.54. The van der Waals surface area contributed by atoms with Crippen LogP contribution < -0.4 is 15.8 Å². The van der Waals surface area contributed by atoms with Gasteiger partial charge in [-0.2, -0.15) is 0 Å². The van der Waals surface area contributed by atoms with Crippen LogP contribution >= 0.6 is 11.3 Å². The van der Waals surface area contributed by atoms with Crippen molar-refractivity contribution in [3.63, 3.8) is 0 Å². The highest BCUT2D eigenvalue weighted by Crippen LogP contribution is 2.37. The van der Waals surface area contributed by atoms with E-state index in [4.69, 9.17) is 14.9 Å². The number of carbonyl (C=O) groups is 2. The Balaban J connectivity index is 1.65. The molecular weight excluding hydrogens is 457 g/mol. The van der Waals surface area contributed by atoms with E-state index >= 15 is 0 Å². The number of hydrogen-bond acceptors (Lipinski definition) is 6. The zero-order chi connectivity index (χ0) is 24.2. The van der Waals surface area contributed by atoms with Gasteiger partial charge in [-0.25, -0.2) is 9.37 Å². The molecule has 2 aromatic heterocycles. The first-order chi connectivity index (χ1) is 16.3. The van der Waals surface area contributed by atoms with E-state index in [0.29, 0.717) is 34.3 Å². The van der Waals surface area contributed by atoms with Crippen LogP contribution in [0.15, 0.2) is 58.5 Å². The monoisotopic (exact) mass is 479 g/mol. The molecule has 9 heteroatoms. The number of furan rings is 1. The lowest BCUT2D eigenvalue weighted by Crippen LogP contribution is -2.14. The first kappa shape index (κ1) is 23.2. The number of benzene rings is 2. The fourth-order valence-electron chi connectivity index (χ4n) is 3.53. The third kappa shape index (κ3) is 5.15. The standard InChI is InChI=1S/C25H22FN3O4S/c1-3-32-21-11-22-19(20(12-33-22)15-4-6-16(26)7-5-15)10-18(21)14(2)8-24(31)29-25-28-17(13-34-25)9-23(27)30/h4-8,10-13H,3,9H2,1-2H3,(H2,27,30)(H,28,29,31)/b14-8+. The van der Waals surface area contributed by atoms with Gasteiger partial charge in [0.15, 0.2) is 5.13 Å². The zero-order valence-corrected chi connectivity index (χ0v) is 19.4. The SMILES string of the molecule is CCOc1cc2occ(-c3ccc(F)cc3)c2cc1/C(C)=C/C(=O)Nc1nc(CC(N)=O)cs1. The number of aromatic nitrogens is 1. The first-order valence-electron chi connectivity index (χ1n) is 10.5. The second kappa shape index (κ2) is 9.88. The number of fused-ring (bicyclic) bond motifs is 1. The number of nitrogens with two attached hydrogens (primary N) is 1. The molecule has 0 spiro atoms. The molecule has 2 heterocycles. The number of anilines is 1. The van der Waals surface area contributed by atoms with Crippen LogP contribution in [0, 0.1) is 5.82 Å². The van der Waals surface area contributed by atoms with Crippen LogP contribution in [-0.2, 0) is 16.0 Å². The number of hydrogen-bond donors (Lipinski definition) is 2. The molecule has 0 bridgehead atoms. The lowest BCUT2D eigenvalue weighted by Gasteiger charge is -2.11. The molecule has 3 N–H and O–H groups in total. The molecule has 7 nitrogen and oxygen atoms in total. The fourth-order valence-corrected chi connectivity index (χ4v) is 4.24. The highest BCUT2D eigenvalue weighted by Gasteiger charge is 2.16. The minimum Gasteiger partial charge on any atom is -0.493 e. The Morgan fingerprint density at radius 2 is 2.03 bits per heavy atom. The van der Waals surface area contributed by atoms with Gasteiger partial charge in [0.2, 0.25) is 11.8 Å². The molecule has 0 saturated carbocycles. The molecule has 0 aliphatic heterocycles. The van der Waals surface area contributed by atoms with Crippen molar-refractivity contribution in [1.29, 1.82) is 0 Å². The maximum absolute atomic E-state index is 13.4. The largest absolute Gasteiger partial charge is 0.493 e. The second-order valence-corrected chi connectivity index (χ2v) is 8.40. The van der Waals surface area contributed by atoms with Crippen LogP contribution in [0.4, 0.5) is 9.52 Å². The van der Waals surface area contributed by atoms with E-state index < -0.39 is 5.91 Å². The Kier molecular flexibility index (Phi) is 6.74. The number of thiazole rings is 1.